The fraction of sp³-hybridized carbons (Fsp3) is 0.312. The molecule has 0 radical (unpaired) electrons. The molecule has 2 aromatic rings. The van der Waals surface area contributed by atoms with Crippen molar-refractivity contribution < 1.29 is 14.3 Å². The van der Waals surface area contributed by atoms with E-state index in [0.717, 1.165) is 24.2 Å². The highest BCUT2D eigenvalue weighted by atomic mass is 32.1. The van der Waals surface area contributed by atoms with Gasteiger partial charge in [-0.1, -0.05) is 18.2 Å². The smallest absolute Gasteiger partial charge is 0.315 e. The van der Waals surface area contributed by atoms with Crippen LogP contribution >= 0.6 is 11.3 Å². The highest BCUT2D eigenvalue weighted by Gasteiger charge is 2.34. The maximum absolute atomic E-state index is 12.5. The highest BCUT2D eigenvalue weighted by molar-refractivity contribution is 7.13. The maximum Gasteiger partial charge on any atom is 0.315 e. The van der Waals surface area contributed by atoms with Crippen molar-refractivity contribution in [2.75, 3.05) is 19.0 Å². The Morgan fingerprint density at radius 2 is 2.22 bits per heavy atom. The standard InChI is InChI=1S/C16H17N3O3S/c1-22-13-7-3-2-5-11(13)12-6-4-9-19(12)15(21)14(20)18-16-17-8-10-23-16/h2-3,5,7-8,10,12H,4,6,9H2,1H3,(H,17,18,20). The Bertz CT molecular complexity index is 702. The summed E-state index contributed by atoms with van der Waals surface area (Å²) in [6, 6.07) is 7.47. The van der Waals surface area contributed by atoms with E-state index in [-0.39, 0.29) is 6.04 Å². The van der Waals surface area contributed by atoms with Crippen molar-refractivity contribution in [3.8, 4) is 5.75 Å². The van der Waals surface area contributed by atoms with Gasteiger partial charge in [-0.05, 0) is 18.9 Å². The Kier molecular flexibility index (Phi) is 4.57. The number of rotatable bonds is 3. The fourth-order valence-corrected chi connectivity index (χ4v) is 3.36. The monoisotopic (exact) mass is 331 g/mol. The van der Waals surface area contributed by atoms with Crippen LogP contribution in [-0.2, 0) is 9.59 Å². The molecule has 1 saturated heterocycles. The normalized spacial score (nSPS) is 17.1. The number of benzene rings is 1. The number of nitrogens with zero attached hydrogens (tertiary/aromatic N) is 2. The second-order valence-electron chi connectivity index (χ2n) is 5.19. The molecule has 0 saturated carbocycles. The van der Waals surface area contributed by atoms with Gasteiger partial charge >= 0.3 is 11.8 Å². The number of anilines is 1. The largest absolute Gasteiger partial charge is 0.496 e. The molecule has 1 aliphatic rings. The molecule has 120 valence electrons. The number of thiazole rings is 1. The zero-order chi connectivity index (χ0) is 16.2. The van der Waals surface area contributed by atoms with Crippen LogP contribution in [0, 0.1) is 0 Å². The van der Waals surface area contributed by atoms with Crippen LogP contribution in [0.15, 0.2) is 35.8 Å². The number of para-hydroxylation sites is 1. The van der Waals surface area contributed by atoms with Gasteiger partial charge in [-0.25, -0.2) is 4.98 Å². The van der Waals surface area contributed by atoms with E-state index in [1.54, 1.807) is 23.6 Å². The Morgan fingerprint density at radius 1 is 1.39 bits per heavy atom. The Balaban J connectivity index is 1.78. The minimum atomic E-state index is -0.651. The molecule has 1 atom stereocenters. The first-order valence-electron chi connectivity index (χ1n) is 7.35. The van der Waals surface area contributed by atoms with E-state index in [2.05, 4.69) is 10.3 Å². The van der Waals surface area contributed by atoms with Crippen molar-refractivity contribution in [2.24, 2.45) is 0 Å². The quantitative estimate of drug-likeness (QED) is 0.877. The van der Waals surface area contributed by atoms with Gasteiger partial charge in [0.25, 0.3) is 0 Å². The lowest BCUT2D eigenvalue weighted by atomic mass is 10.0. The summed E-state index contributed by atoms with van der Waals surface area (Å²) in [7, 11) is 1.61. The molecule has 1 aromatic carbocycles. The van der Waals surface area contributed by atoms with E-state index >= 15 is 0 Å². The van der Waals surface area contributed by atoms with Gasteiger partial charge in [-0.2, -0.15) is 0 Å². The van der Waals surface area contributed by atoms with E-state index < -0.39 is 11.8 Å². The number of aromatic nitrogens is 1. The van der Waals surface area contributed by atoms with Crippen LogP contribution in [0.4, 0.5) is 5.13 Å². The average Bonchev–Trinajstić information content (AvgIpc) is 3.25. The Morgan fingerprint density at radius 3 is 2.96 bits per heavy atom. The molecule has 0 spiro atoms. The van der Waals surface area contributed by atoms with Crippen LogP contribution in [0.2, 0.25) is 0 Å². The molecule has 0 bridgehead atoms. The molecule has 1 aromatic heterocycles. The van der Waals surface area contributed by atoms with E-state index in [9.17, 15) is 9.59 Å². The number of likely N-dealkylation sites (tertiary alicyclic amines) is 1. The van der Waals surface area contributed by atoms with Crippen LogP contribution < -0.4 is 10.1 Å². The molecule has 23 heavy (non-hydrogen) atoms. The lowest BCUT2D eigenvalue weighted by molar-refractivity contribution is -0.143. The molecule has 1 fully saturated rings. The van der Waals surface area contributed by atoms with Crippen LogP contribution in [0.3, 0.4) is 0 Å². The summed E-state index contributed by atoms with van der Waals surface area (Å²) in [5.41, 5.74) is 0.933. The van der Waals surface area contributed by atoms with E-state index in [1.807, 2.05) is 24.3 Å². The number of ether oxygens (including phenoxy) is 1. The first-order chi connectivity index (χ1) is 11.2. The van der Waals surface area contributed by atoms with Crippen molar-refractivity contribution in [1.82, 2.24) is 9.88 Å². The summed E-state index contributed by atoms with van der Waals surface area (Å²) in [6.45, 7) is 0.562. The van der Waals surface area contributed by atoms with Crippen molar-refractivity contribution in [2.45, 2.75) is 18.9 Å². The SMILES string of the molecule is COc1ccccc1C1CCCN1C(=O)C(=O)Nc1nccs1. The average molecular weight is 331 g/mol. The number of nitrogens with one attached hydrogen (secondary N) is 1. The molecule has 1 unspecified atom stereocenters. The second-order valence-corrected chi connectivity index (χ2v) is 6.08. The van der Waals surface area contributed by atoms with Crippen LogP contribution in [0.5, 0.6) is 5.75 Å². The van der Waals surface area contributed by atoms with Crippen molar-refractivity contribution >= 4 is 28.3 Å². The van der Waals surface area contributed by atoms with Gasteiger partial charge < -0.3 is 9.64 Å². The molecule has 1 N–H and O–H groups in total. The van der Waals surface area contributed by atoms with E-state index in [0.29, 0.717) is 11.7 Å². The number of carbonyl (C=O) groups excluding carboxylic acids is 2. The van der Waals surface area contributed by atoms with E-state index in [4.69, 9.17) is 4.74 Å². The highest BCUT2D eigenvalue weighted by Crippen LogP contribution is 2.36. The lowest BCUT2D eigenvalue weighted by Crippen LogP contribution is -2.39. The van der Waals surface area contributed by atoms with Gasteiger partial charge in [0.15, 0.2) is 5.13 Å². The minimum absolute atomic E-state index is 0.138. The maximum atomic E-state index is 12.5. The molecule has 1 aliphatic heterocycles. The van der Waals surface area contributed by atoms with Gasteiger partial charge in [0, 0.05) is 23.7 Å². The zero-order valence-corrected chi connectivity index (χ0v) is 13.5. The summed E-state index contributed by atoms with van der Waals surface area (Å²) < 4.78 is 5.38. The predicted octanol–water partition coefficient (Wildman–Crippen LogP) is 2.45. The number of carbonyl (C=O) groups is 2. The summed E-state index contributed by atoms with van der Waals surface area (Å²) >= 11 is 1.28. The zero-order valence-electron chi connectivity index (χ0n) is 12.7. The van der Waals surface area contributed by atoms with Crippen molar-refractivity contribution in [1.29, 1.82) is 0 Å². The van der Waals surface area contributed by atoms with Crippen molar-refractivity contribution in [3.63, 3.8) is 0 Å². The number of methoxy groups -OCH3 is 1. The number of hydrogen-bond acceptors (Lipinski definition) is 5. The molecule has 2 amide bonds. The molecule has 7 heteroatoms. The third-order valence-electron chi connectivity index (χ3n) is 3.86. The van der Waals surface area contributed by atoms with Gasteiger partial charge in [0.05, 0.1) is 13.2 Å². The Hall–Kier alpha value is -2.41. The lowest BCUT2D eigenvalue weighted by Gasteiger charge is -2.25. The van der Waals surface area contributed by atoms with Gasteiger partial charge in [0.2, 0.25) is 0 Å². The topological polar surface area (TPSA) is 71.5 Å². The van der Waals surface area contributed by atoms with Crippen LogP contribution in [0.25, 0.3) is 0 Å². The first-order valence-corrected chi connectivity index (χ1v) is 8.23. The second kappa shape index (κ2) is 6.78. The van der Waals surface area contributed by atoms with Gasteiger partial charge in [-0.3, -0.25) is 14.9 Å². The molecule has 3 rings (SSSR count). The van der Waals surface area contributed by atoms with E-state index in [1.165, 1.54) is 11.3 Å². The first kappa shape index (κ1) is 15.5. The molecular formula is C16H17N3O3S. The third kappa shape index (κ3) is 3.19. The summed E-state index contributed by atoms with van der Waals surface area (Å²) in [4.78, 5) is 30.2. The van der Waals surface area contributed by atoms with Gasteiger partial charge in [0.1, 0.15) is 5.75 Å². The van der Waals surface area contributed by atoms with Crippen molar-refractivity contribution in [3.05, 3.63) is 41.4 Å². The molecular weight excluding hydrogens is 314 g/mol. The number of hydrogen-bond donors (Lipinski definition) is 1. The number of amides is 2. The van der Waals surface area contributed by atoms with Gasteiger partial charge in [-0.15, -0.1) is 11.3 Å². The summed E-state index contributed by atoms with van der Waals surface area (Å²) in [5.74, 6) is -0.451. The predicted molar refractivity (Wildman–Crippen MR) is 87.4 cm³/mol. The third-order valence-corrected chi connectivity index (χ3v) is 4.55. The molecule has 0 aliphatic carbocycles. The molecule has 6 nitrogen and oxygen atoms in total. The summed E-state index contributed by atoms with van der Waals surface area (Å²) in [5, 5.41) is 4.72. The Labute approximate surface area is 138 Å². The summed E-state index contributed by atoms with van der Waals surface area (Å²) in [6.07, 6.45) is 3.26. The molecule has 2 heterocycles. The minimum Gasteiger partial charge on any atom is -0.496 e. The van der Waals surface area contributed by atoms with Crippen LogP contribution in [-0.4, -0.2) is 35.4 Å². The fourth-order valence-electron chi connectivity index (χ4n) is 2.84. The van der Waals surface area contributed by atoms with Crippen LogP contribution in [0.1, 0.15) is 24.4 Å².